The Morgan fingerprint density at radius 3 is 2.70 bits per heavy atom. The Morgan fingerprint density at radius 2 is 2.15 bits per heavy atom. The highest BCUT2D eigenvalue weighted by atomic mass is 16.5. The van der Waals surface area contributed by atoms with E-state index in [2.05, 4.69) is 16.7 Å². The molecule has 0 bridgehead atoms. The van der Waals surface area contributed by atoms with Crippen LogP contribution in [0.5, 0.6) is 5.75 Å². The maximum Gasteiger partial charge on any atom is 0.242 e. The first-order valence-corrected chi connectivity index (χ1v) is 6.67. The van der Waals surface area contributed by atoms with Crippen LogP contribution in [0.4, 0.5) is 5.69 Å². The number of para-hydroxylation sites is 1. The fourth-order valence-corrected chi connectivity index (χ4v) is 1.70. The zero-order valence-electron chi connectivity index (χ0n) is 12.4. The van der Waals surface area contributed by atoms with Crippen molar-refractivity contribution in [2.24, 2.45) is 0 Å². The first-order valence-electron chi connectivity index (χ1n) is 6.67. The lowest BCUT2D eigenvalue weighted by molar-refractivity contribution is -0.122. The van der Waals surface area contributed by atoms with Crippen molar-refractivity contribution in [1.82, 2.24) is 5.32 Å². The van der Waals surface area contributed by atoms with Crippen molar-refractivity contribution in [1.29, 1.82) is 5.26 Å². The summed E-state index contributed by atoms with van der Waals surface area (Å²) in [5.41, 5.74) is 0.997. The maximum atomic E-state index is 12.0. The van der Waals surface area contributed by atoms with Gasteiger partial charge in [-0.25, -0.2) is 0 Å². The summed E-state index contributed by atoms with van der Waals surface area (Å²) in [6.07, 6.45) is 0.872. The van der Waals surface area contributed by atoms with Gasteiger partial charge < -0.3 is 15.4 Å². The number of ether oxygens (including phenoxy) is 1. The summed E-state index contributed by atoms with van der Waals surface area (Å²) < 4.78 is 5.23. The van der Waals surface area contributed by atoms with E-state index in [-0.39, 0.29) is 11.9 Å². The van der Waals surface area contributed by atoms with E-state index in [0.717, 1.165) is 6.42 Å². The molecule has 1 rings (SSSR count). The Morgan fingerprint density at radius 1 is 1.45 bits per heavy atom. The molecule has 0 heterocycles. The van der Waals surface area contributed by atoms with Crippen LogP contribution < -0.4 is 15.4 Å². The Labute approximate surface area is 119 Å². The third-order valence-electron chi connectivity index (χ3n) is 3.12. The van der Waals surface area contributed by atoms with Gasteiger partial charge >= 0.3 is 0 Å². The molecule has 1 amide bonds. The number of anilines is 1. The number of benzene rings is 1. The standard InChI is InChI=1S/C15H21N3O2/c1-5-10(2)17-15(19)11(3)18-14-12(9-16)7-6-8-13(14)20-4/h6-8,10-11,18H,5H2,1-4H3,(H,17,19). The summed E-state index contributed by atoms with van der Waals surface area (Å²) in [7, 11) is 1.53. The zero-order valence-corrected chi connectivity index (χ0v) is 12.4. The van der Waals surface area contributed by atoms with Gasteiger partial charge in [-0.2, -0.15) is 5.26 Å². The van der Waals surface area contributed by atoms with Crippen molar-refractivity contribution in [2.45, 2.75) is 39.3 Å². The lowest BCUT2D eigenvalue weighted by Crippen LogP contribution is -2.42. The van der Waals surface area contributed by atoms with Gasteiger partial charge in [-0.1, -0.05) is 13.0 Å². The van der Waals surface area contributed by atoms with Crippen LogP contribution in [-0.2, 0) is 4.79 Å². The van der Waals surface area contributed by atoms with Crippen molar-refractivity contribution in [2.75, 3.05) is 12.4 Å². The molecule has 0 spiro atoms. The van der Waals surface area contributed by atoms with Crippen molar-refractivity contribution in [3.8, 4) is 11.8 Å². The van der Waals surface area contributed by atoms with Crippen molar-refractivity contribution in [3.63, 3.8) is 0 Å². The number of amides is 1. The summed E-state index contributed by atoms with van der Waals surface area (Å²) in [6.45, 7) is 5.72. The summed E-state index contributed by atoms with van der Waals surface area (Å²) in [5.74, 6) is 0.446. The van der Waals surface area contributed by atoms with Crippen molar-refractivity contribution in [3.05, 3.63) is 23.8 Å². The van der Waals surface area contributed by atoms with E-state index in [1.165, 1.54) is 7.11 Å². The third-order valence-corrected chi connectivity index (χ3v) is 3.12. The van der Waals surface area contributed by atoms with Crippen LogP contribution in [0.1, 0.15) is 32.8 Å². The number of hydrogen-bond acceptors (Lipinski definition) is 4. The second-order valence-corrected chi connectivity index (χ2v) is 4.68. The minimum Gasteiger partial charge on any atom is -0.495 e. The number of methoxy groups -OCH3 is 1. The topological polar surface area (TPSA) is 74.2 Å². The van der Waals surface area contributed by atoms with E-state index in [4.69, 9.17) is 10.00 Å². The normalized spacial score (nSPS) is 12.9. The Hall–Kier alpha value is -2.22. The smallest absolute Gasteiger partial charge is 0.242 e. The number of nitrogens with one attached hydrogen (secondary N) is 2. The SMILES string of the molecule is CCC(C)NC(=O)C(C)Nc1c(C#N)cccc1OC. The van der Waals surface area contributed by atoms with Gasteiger partial charge in [0, 0.05) is 6.04 Å². The first-order chi connectivity index (χ1) is 9.53. The molecule has 1 aromatic carbocycles. The van der Waals surface area contributed by atoms with Crippen LogP contribution in [0, 0.1) is 11.3 Å². The highest BCUT2D eigenvalue weighted by Gasteiger charge is 2.18. The maximum absolute atomic E-state index is 12.0. The number of carbonyl (C=O) groups is 1. The molecule has 2 unspecified atom stereocenters. The molecule has 1 aromatic rings. The summed E-state index contributed by atoms with van der Waals surface area (Å²) in [5, 5.41) is 15.1. The summed E-state index contributed by atoms with van der Waals surface area (Å²) in [6, 6.07) is 6.95. The van der Waals surface area contributed by atoms with Gasteiger partial charge in [0.05, 0.1) is 18.4 Å². The van der Waals surface area contributed by atoms with Gasteiger partial charge in [-0.15, -0.1) is 0 Å². The van der Waals surface area contributed by atoms with Gasteiger partial charge in [0.25, 0.3) is 0 Å². The first kappa shape index (κ1) is 15.8. The molecule has 20 heavy (non-hydrogen) atoms. The van der Waals surface area contributed by atoms with Crippen molar-refractivity contribution < 1.29 is 9.53 Å². The van der Waals surface area contributed by atoms with E-state index in [0.29, 0.717) is 17.0 Å². The molecular weight excluding hydrogens is 254 g/mol. The number of rotatable bonds is 6. The Kier molecular flexibility index (Phi) is 5.85. The quantitative estimate of drug-likeness (QED) is 0.835. The lowest BCUT2D eigenvalue weighted by atomic mass is 10.1. The van der Waals surface area contributed by atoms with E-state index >= 15 is 0 Å². The molecule has 0 saturated heterocycles. The molecule has 0 aliphatic carbocycles. The summed E-state index contributed by atoms with van der Waals surface area (Å²) in [4.78, 5) is 12.0. The van der Waals surface area contributed by atoms with Gasteiger partial charge in [0.1, 0.15) is 17.9 Å². The summed E-state index contributed by atoms with van der Waals surface area (Å²) >= 11 is 0. The minimum absolute atomic E-state index is 0.103. The average molecular weight is 275 g/mol. The molecule has 5 heteroatoms. The van der Waals surface area contributed by atoms with E-state index in [9.17, 15) is 4.79 Å². The molecule has 0 aromatic heterocycles. The lowest BCUT2D eigenvalue weighted by Gasteiger charge is -2.20. The Bertz CT molecular complexity index is 508. The van der Waals surface area contributed by atoms with Gasteiger partial charge in [-0.3, -0.25) is 4.79 Å². The molecule has 0 fully saturated rings. The molecule has 5 nitrogen and oxygen atoms in total. The third kappa shape index (κ3) is 3.89. The fourth-order valence-electron chi connectivity index (χ4n) is 1.70. The van der Waals surface area contributed by atoms with E-state index < -0.39 is 6.04 Å². The van der Waals surface area contributed by atoms with E-state index in [1.54, 1.807) is 25.1 Å². The highest BCUT2D eigenvalue weighted by Crippen LogP contribution is 2.28. The zero-order chi connectivity index (χ0) is 15.1. The van der Waals surface area contributed by atoms with Gasteiger partial charge in [-0.05, 0) is 32.4 Å². The molecule has 0 aliphatic rings. The average Bonchev–Trinajstić information content (AvgIpc) is 2.46. The van der Waals surface area contributed by atoms with Gasteiger partial charge in [0.2, 0.25) is 5.91 Å². The largest absolute Gasteiger partial charge is 0.495 e. The van der Waals surface area contributed by atoms with Crippen molar-refractivity contribution >= 4 is 11.6 Å². The minimum atomic E-state index is -0.451. The molecule has 2 atom stereocenters. The molecule has 2 N–H and O–H groups in total. The van der Waals surface area contributed by atoms with Crippen LogP contribution in [0.15, 0.2) is 18.2 Å². The second-order valence-electron chi connectivity index (χ2n) is 4.68. The molecule has 0 saturated carbocycles. The second kappa shape index (κ2) is 7.39. The number of carbonyl (C=O) groups excluding carboxylic acids is 1. The molecule has 108 valence electrons. The van der Waals surface area contributed by atoms with Crippen LogP contribution in [0.2, 0.25) is 0 Å². The van der Waals surface area contributed by atoms with Crippen LogP contribution in [0.25, 0.3) is 0 Å². The van der Waals surface area contributed by atoms with Crippen LogP contribution >= 0.6 is 0 Å². The van der Waals surface area contributed by atoms with Crippen LogP contribution in [0.3, 0.4) is 0 Å². The predicted octanol–water partition coefficient (Wildman–Crippen LogP) is 2.28. The highest BCUT2D eigenvalue weighted by molar-refractivity contribution is 5.85. The number of nitrogens with zero attached hydrogens (tertiary/aromatic N) is 1. The molecule has 0 aliphatic heterocycles. The number of hydrogen-bond donors (Lipinski definition) is 2. The number of nitriles is 1. The molecule has 0 radical (unpaired) electrons. The predicted molar refractivity (Wildman–Crippen MR) is 78.7 cm³/mol. The fraction of sp³-hybridized carbons (Fsp3) is 0.467. The van der Waals surface area contributed by atoms with Crippen LogP contribution in [-0.4, -0.2) is 25.1 Å². The van der Waals surface area contributed by atoms with Gasteiger partial charge in [0.15, 0.2) is 0 Å². The molecular formula is C15H21N3O2. The Balaban J connectivity index is 2.87. The van der Waals surface area contributed by atoms with E-state index in [1.807, 2.05) is 13.8 Å². The monoisotopic (exact) mass is 275 g/mol.